The van der Waals surface area contributed by atoms with Gasteiger partial charge in [0.15, 0.2) is 11.5 Å². The van der Waals surface area contributed by atoms with Crippen molar-refractivity contribution in [3.05, 3.63) is 23.8 Å². The fraction of sp³-hybridized carbons (Fsp3) is 0.611. The summed E-state index contributed by atoms with van der Waals surface area (Å²) in [7, 11) is 1.64. The van der Waals surface area contributed by atoms with Gasteiger partial charge in [0.1, 0.15) is 5.60 Å². The number of hydrogen-bond acceptors (Lipinski definition) is 4. The standard InChI is InChI=1S/C18H25NO4/c1-18(9-10-19-17(20)23-18)14-7-8-15(21-2)16(11-14)22-12-13-5-3-4-6-13/h7-8,11,13H,3-6,9-10,12H2,1-2H3,(H,19,20). The topological polar surface area (TPSA) is 56.8 Å². The normalized spacial score (nSPS) is 24.9. The number of hydrogen-bond donors (Lipinski definition) is 1. The van der Waals surface area contributed by atoms with E-state index in [0.717, 1.165) is 30.1 Å². The fourth-order valence-corrected chi connectivity index (χ4v) is 3.40. The third-order valence-electron chi connectivity index (χ3n) is 4.91. The lowest BCUT2D eigenvalue weighted by Gasteiger charge is -2.34. The van der Waals surface area contributed by atoms with E-state index in [4.69, 9.17) is 14.2 Å². The summed E-state index contributed by atoms with van der Waals surface area (Å²) in [5.41, 5.74) is 0.314. The Labute approximate surface area is 137 Å². The highest BCUT2D eigenvalue weighted by atomic mass is 16.6. The molecule has 1 aliphatic heterocycles. The molecular weight excluding hydrogens is 294 g/mol. The van der Waals surface area contributed by atoms with Crippen LogP contribution < -0.4 is 14.8 Å². The van der Waals surface area contributed by atoms with E-state index in [1.165, 1.54) is 25.7 Å². The molecule has 1 saturated carbocycles. The first-order chi connectivity index (χ1) is 11.1. The monoisotopic (exact) mass is 319 g/mol. The zero-order valence-corrected chi connectivity index (χ0v) is 13.9. The summed E-state index contributed by atoms with van der Waals surface area (Å²) in [4.78, 5) is 11.6. The minimum absolute atomic E-state index is 0.372. The summed E-state index contributed by atoms with van der Waals surface area (Å²) in [6.07, 6.45) is 5.43. The Kier molecular flexibility index (Phi) is 4.64. The van der Waals surface area contributed by atoms with E-state index >= 15 is 0 Å². The van der Waals surface area contributed by atoms with Gasteiger partial charge in [-0.3, -0.25) is 0 Å². The van der Waals surface area contributed by atoms with Crippen LogP contribution in [0.15, 0.2) is 18.2 Å². The van der Waals surface area contributed by atoms with E-state index in [1.807, 2.05) is 25.1 Å². The van der Waals surface area contributed by atoms with E-state index in [2.05, 4.69) is 5.32 Å². The molecule has 5 nitrogen and oxygen atoms in total. The summed E-state index contributed by atoms with van der Waals surface area (Å²) >= 11 is 0. The molecule has 5 heteroatoms. The highest BCUT2D eigenvalue weighted by Gasteiger charge is 2.35. The lowest BCUT2D eigenvalue weighted by Crippen LogP contribution is -2.43. The summed E-state index contributed by atoms with van der Waals surface area (Å²) in [6.45, 7) is 3.27. The zero-order valence-electron chi connectivity index (χ0n) is 13.9. The quantitative estimate of drug-likeness (QED) is 0.901. The maximum Gasteiger partial charge on any atom is 0.408 e. The fourth-order valence-electron chi connectivity index (χ4n) is 3.40. The van der Waals surface area contributed by atoms with E-state index in [0.29, 0.717) is 12.5 Å². The van der Waals surface area contributed by atoms with Crippen molar-refractivity contribution in [1.82, 2.24) is 5.32 Å². The second-order valence-electron chi connectivity index (χ2n) is 6.62. The van der Waals surface area contributed by atoms with E-state index in [9.17, 15) is 4.79 Å². The molecule has 2 fully saturated rings. The Morgan fingerprint density at radius 2 is 2.09 bits per heavy atom. The van der Waals surface area contributed by atoms with Crippen LogP contribution in [0.25, 0.3) is 0 Å². The van der Waals surface area contributed by atoms with Crippen molar-refractivity contribution in [3.63, 3.8) is 0 Å². The third kappa shape index (κ3) is 3.54. The van der Waals surface area contributed by atoms with Gasteiger partial charge in [0.2, 0.25) is 0 Å². The van der Waals surface area contributed by atoms with Gasteiger partial charge in [-0.1, -0.05) is 18.9 Å². The minimum Gasteiger partial charge on any atom is -0.493 e. The molecule has 3 rings (SSSR count). The Morgan fingerprint density at radius 3 is 2.78 bits per heavy atom. The Morgan fingerprint density at radius 1 is 1.30 bits per heavy atom. The molecule has 0 radical (unpaired) electrons. The molecule has 1 heterocycles. The summed E-state index contributed by atoms with van der Waals surface area (Å²) in [5, 5.41) is 2.69. The molecule has 1 amide bonds. The number of carbonyl (C=O) groups excluding carboxylic acids is 1. The molecule has 1 aromatic carbocycles. The number of methoxy groups -OCH3 is 1. The SMILES string of the molecule is COc1ccc(C2(C)CCNC(=O)O2)cc1OCC1CCCC1. The van der Waals surface area contributed by atoms with Crippen LogP contribution in [0.1, 0.15) is 44.6 Å². The van der Waals surface area contributed by atoms with Crippen molar-refractivity contribution in [2.45, 2.75) is 44.6 Å². The number of amides is 1. The first kappa shape index (κ1) is 16.0. The molecule has 1 unspecified atom stereocenters. The lowest BCUT2D eigenvalue weighted by atomic mass is 9.91. The highest BCUT2D eigenvalue weighted by molar-refractivity contribution is 5.69. The molecule has 0 aromatic heterocycles. The predicted octanol–water partition coefficient (Wildman–Crippen LogP) is 3.61. The van der Waals surface area contributed by atoms with Crippen molar-refractivity contribution in [3.8, 4) is 11.5 Å². The predicted molar refractivity (Wildman–Crippen MR) is 86.9 cm³/mol. The van der Waals surface area contributed by atoms with Crippen molar-refractivity contribution in [2.75, 3.05) is 20.3 Å². The van der Waals surface area contributed by atoms with Gasteiger partial charge >= 0.3 is 6.09 Å². The zero-order chi connectivity index (χ0) is 16.3. The maximum absolute atomic E-state index is 11.6. The highest BCUT2D eigenvalue weighted by Crippen LogP contribution is 2.37. The summed E-state index contributed by atoms with van der Waals surface area (Å²) in [5.74, 6) is 2.08. The number of ether oxygens (including phenoxy) is 3. The third-order valence-corrected chi connectivity index (χ3v) is 4.91. The largest absolute Gasteiger partial charge is 0.493 e. The number of cyclic esters (lactones) is 1. The summed E-state index contributed by atoms with van der Waals surface area (Å²) in [6, 6.07) is 5.78. The minimum atomic E-state index is -0.625. The first-order valence-corrected chi connectivity index (χ1v) is 8.39. The van der Waals surface area contributed by atoms with Gasteiger partial charge in [0.25, 0.3) is 0 Å². The lowest BCUT2D eigenvalue weighted by molar-refractivity contribution is -0.00295. The molecule has 1 saturated heterocycles. The molecule has 1 aromatic rings. The summed E-state index contributed by atoms with van der Waals surface area (Å²) < 4.78 is 17.0. The van der Waals surface area contributed by atoms with Crippen molar-refractivity contribution < 1.29 is 19.0 Å². The molecule has 1 N–H and O–H groups in total. The van der Waals surface area contributed by atoms with E-state index in [-0.39, 0.29) is 6.09 Å². The second kappa shape index (κ2) is 6.69. The van der Waals surface area contributed by atoms with Crippen molar-refractivity contribution in [1.29, 1.82) is 0 Å². The van der Waals surface area contributed by atoms with Crippen molar-refractivity contribution in [2.24, 2.45) is 5.92 Å². The Bertz CT molecular complexity index is 568. The van der Waals surface area contributed by atoms with Gasteiger partial charge in [0.05, 0.1) is 13.7 Å². The smallest absolute Gasteiger partial charge is 0.408 e. The number of carbonyl (C=O) groups is 1. The Balaban J connectivity index is 1.78. The van der Waals surface area contributed by atoms with Gasteiger partial charge in [-0.25, -0.2) is 4.79 Å². The number of benzene rings is 1. The van der Waals surface area contributed by atoms with Crippen LogP contribution >= 0.6 is 0 Å². The average Bonchev–Trinajstić information content (AvgIpc) is 3.06. The second-order valence-corrected chi connectivity index (χ2v) is 6.62. The molecule has 1 atom stereocenters. The molecule has 0 bridgehead atoms. The van der Waals surface area contributed by atoms with Crippen LogP contribution in [0.2, 0.25) is 0 Å². The molecule has 126 valence electrons. The molecule has 2 aliphatic rings. The molecule has 0 spiro atoms. The first-order valence-electron chi connectivity index (χ1n) is 8.39. The van der Waals surface area contributed by atoms with Gasteiger partial charge < -0.3 is 19.5 Å². The molecule has 1 aliphatic carbocycles. The number of alkyl carbamates (subject to hydrolysis) is 1. The average molecular weight is 319 g/mol. The van der Waals surface area contributed by atoms with E-state index in [1.54, 1.807) is 7.11 Å². The maximum atomic E-state index is 11.6. The van der Waals surface area contributed by atoms with Crippen molar-refractivity contribution >= 4 is 6.09 Å². The van der Waals surface area contributed by atoms with Gasteiger partial charge in [0, 0.05) is 13.0 Å². The number of rotatable bonds is 5. The van der Waals surface area contributed by atoms with Crippen LogP contribution in [0.5, 0.6) is 11.5 Å². The molecule has 23 heavy (non-hydrogen) atoms. The van der Waals surface area contributed by atoms with Crippen LogP contribution in [-0.4, -0.2) is 26.4 Å². The van der Waals surface area contributed by atoms with Crippen LogP contribution in [0, 0.1) is 5.92 Å². The van der Waals surface area contributed by atoms with Gasteiger partial charge in [-0.15, -0.1) is 0 Å². The molecular formula is C18H25NO4. The van der Waals surface area contributed by atoms with E-state index < -0.39 is 5.60 Å². The Hall–Kier alpha value is -1.91. The van der Waals surface area contributed by atoms with Crippen LogP contribution in [0.4, 0.5) is 4.79 Å². The van der Waals surface area contributed by atoms with Gasteiger partial charge in [-0.2, -0.15) is 0 Å². The number of nitrogens with one attached hydrogen (secondary N) is 1. The van der Waals surface area contributed by atoms with Crippen LogP contribution in [-0.2, 0) is 10.3 Å². The van der Waals surface area contributed by atoms with Gasteiger partial charge in [-0.05, 0) is 43.4 Å². The van der Waals surface area contributed by atoms with Crippen LogP contribution in [0.3, 0.4) is 0 Å².